The summed E-state index contributed by atoms with van der Waals surface area (Å²) in [6, 6.07) is -1.02. The lowest BCUT2D eigenvalue weighted by molar-refractivity contribution is -0.143. The smallest absolute Gasteiger partial charge is 0.320 e. The van der Waals surface area contributed by atoms with Gasteiger partial charge in [0, 0.05) is 18.3 Å². The molecule has 0 spiro atoms. The van der Waals surface area contributed by atoms with Crippen molar-refractivity contribution in [3.8, 4) is 0 Å². The minimum Gasteiger partial charge on any atom is -0.481 e. The van der Waals surface area contributed by atoms with Crippen molar-refractivity contribution in [1.82, 2.24) is 10.2 Å². The highest BCUT2D eigenvalue weighted by Gasteiger charge is 2.41. The van der Waals surface area contributed by atoms with Gasteiger partial charge in [-0.3, -0.25) is 19.3 Å². The van der Waals surface area contributed by atoms with E-state index in [0.29, 0.717) is 43.7 Å². The Morgan fingerprint density at radius 2 is 1.78 bits per heavy atom. The van der Waals surface area contributed by atoms with Gasteiger partial charge in [0.1, 0.15) is 12.1 Å². The van der Waals surface area contributed by atoms with Gasteiger partial charge in [-0.2, -0.15) is 0 Å². The summed E-state index contributed by atoms with van der Waals surface area (Å²) >= 11 is 1.32. The van der Waals surface area contributed by atoms with E-state index in [-0.39, 0.29) is 11.0 Å². The molecule has 2 aliphatic heterocycles. The summed E-state index contributed by atoms with van der Waals surface area (Å²) in [7, 11) is 0. The molecule has 3 aliphatic rings. The highest BCUT2D eigenvalue weighted by Crippen LogP contribution is 2.40. The fourth-order valence-electron chi connectivity index (χ4n) is 4.98. The first kappa shape index (κ1) is 20.4. The summed E-state index contributed by atoms with van der Waals surface area (Å²) in [5, 5.41) is 30.8. The summed E-state index contributed by atoms with van der Waals surface area (Å²) in [5.74, 6) is -1.22. The zero-order valence-electron chi connectivity index (χ0n) is 15.2. The van der Waals surface area contributed by atoms with Crippen molar-refractivity contribution < 1.29 is 29.7 Å². The lowest BCUT2D eigenvalue weighted by Gasteiger charge is -2.42. The summed E-state index contributed by atoms with van der Waals surface area (Å²) in [6.07, 6.45) is 4.17. The first-order chi connectivity index (χ1) is 12.8. The number of hydrogen-bond acceptors (Lipinski definition) is 6. The van der Waals surface area contributed by atoms with Crippen molar-refractivity contribution >= 4 is 29.7 Å². The van der Waals surface area contributed by atoms with Gasteiger partial charge in [-0.25, -0.2) is 0 Å². The number of thioether (sulfide) groups is 1. The van der Waals surface area contributed by atoms with E-state index in [1.165, 1.54) is 11.8 Å². The predicted octanol–water partition coefficient (Wildman–Crippen LogP) is 0.811. The maximum atomic E-state index is 11.6. The lowest BCUT2D eigenvalue weighted by atomic mass is 9.69. The molecule has 0 unspecified atom stereocenters. The number of rotatable bonds is 7. The molecule has 0 amide bonds. The van der Waals surface area contributed by atoms with Crippen LogP contribution in [-0.2, 0) is 14.4 Å². The van der Waals surface area contributed by atoms with Crippen molar-refractivity contribution in [3.05, 3.63) is 0 Å². The zero-order valence-corrected chi connectivity index (χ0v) is 16.1. The number of nitrogens with zero attached hydrogens (tertiary/aromatic N) is 1. The Bertz CT molecular complexity index is 588. The van der Waals surface area contributed by atoms with E-state index in [2.05, 4.69) is 5.32 Å². The van der Waals surface area contributed by atoms with Gasteiger partial charge < -0.3 is 20.6 Å². The summed E-state index contributed by atoms with van der Waals surface area (Å²) < 4.78 is 0. The van der Waals surface area contributed by atoms with Crippen LogP contribution in [0.4, 0.5) is 0 Å². The van der Waals surface area contributed by atoms with Gasteiger partial charge in [0.2, 0.25) is 0 Å². The highest BCUT2D eigenvalue weighted by atomic mass is 32.2. The Hall–Kier alpha value is -1.32. The van der Waals surface area contributed by atoms with E-state index in [1.54, 1.807) is 0 Å². The van der Waals surface area contributed by atoms with Crippen molar-refractivity contribution in [2.45, 2.75) is 49.4 Å². The van der Waals surface area contributed by atoms with Gasteiger partial charge in [0.05, 0.1) is 5.75 Å². The van der Waals surface area contributed by atoms with Crippen LogP contribution < -0.4 is 5.32 Å². The van der Waals surface area contributed by atoms with Crippen LogP contribution in [0.5, 0.6) is 0 Å². The maximum Gasteiger partial charge on any atom is 0.320 e. The third kappa shape index (κ3) is 5.14. The molecule has 3 rings (SSSR count). The molecule has 0 aromatic carbocycles. The van der Waals surface area contributed by atoms with Crippen LogP contribution in [0.2, 0.25) is 0 Å². The molecule has 8 nitrogen and oxygen atoms in total. The number of carboxylic acids is 3. The molecule has 9 heteroatoms. The third-order valence-electron chi connectivity index (χ3n) is 6.30. The van der Waals surface area contributed by atoms with Gasteiger partial charge in [0.25, 0.3) is 0 Å². The van der Waals surface area contributed by atoms with Crippen LogP contribution in [0, 0.1) is 17.8 Å². The second-order valence-electron chi connectivity index (χ2n) is 8.10. The number of aliphatic carboxylic acids is 3. The van der Waals surface area contributed by atoms with Gasteiger partial charge in [-0.15, -0.1) is 11.8 Å². The fourth-order valence-corrected chi connectivity index (χ4v) is 5.97. The van der Waals surface area contributed by atoms with Crippen molar-refractivity contribution in [1.29, 1.82) is 0 Å². The Balaban J connectivity index is 1.56. The monoisotopic (exact) mass is 400 g/mol. The predicted molar refractivity (Wildman–Crippen MR) is 99.9 cm³/mol. The molecule has 152 valence electrons. The number of piperidine rings is 1. The van der Waals surface area contributed by atoms with E-state index in [1.807, 2.05) is 4.90 Å². The SMILES string of the molecule is O=C(O)CS[C@H]1C[C@@H](C(=O)O)N(C[C@H]2CC[C@H]3CN[C@H](C(=O)O)C[C@H]3C2)C1. The first-order valence-electron chi connectivity index (χ1n) is 9.60. The topological polar surface area (TPSA) is 127 Å². The molecular weight excluding hydrogens is 372 g/mol. The molecule has 6 atom stereocenters. The molecule has 2 heterocycles. The van der Waals surface area contributed by atoms with Crippen LogP contribution in [0.25, 0.3) is 0 Å². The van der Waals surface area contributed by atoms with Gasteiger partial charge in [-0.1, -0.05) is 0 Å². The normalized spacial score (nSPS) is 36.9. The molecule has 2 saturated heterocycles. The van der Waals surface area contributed by atoms with Crippen LogP contribution in [0.3, 0.4) is 0 Å². The largest absolute Gasteiger partial charge is 0.481 e. The van der Waals surface area contributed by atoms with Gasteiger partial charge in [0.15, 0.2) is 0 Å². The molecule has 1 saturated carbocycles. The Morgan fingerprint density at radius 3 is 2.44 bits per heavy atom. The average Bonchev–Trinajstić information content (AvgIpc) is 3.02. The Labute approximate surface area is 162 Å². The molecule has 4 N–H and O–H groups in total. The van der Waals surface area contributed by atoms with Crippen molar-refractivity contribution in [2.75, 3.05) is 25.4 Å². The third-order valence-corrected chi connectivity index (χ3v) is 7.52. The van der Waals surface area contributed by atoms with E-state index < -0.39 is 30.0 Å². The van der Waals surface area contributed by atoms with Gasteiger partial charge in [-0.05, 0) is 56.4 Å². The fraction of sp³-hybridized carbons (Fsp3) is 0.833. The number of nitrogens with one attached hydrogen (secondary N) is 1. The molecule has 0 aromatic heterocycles. The van der Waals surface area contributed by atoms with Crippen molar-refractivity contribution in [3.63, 3.8) is 0 Å². The van der Waals surface area contributed by atoms with Crippen LogP contribution >= 0.6 is 11.8 Å². The van der Waals surface area contributed by atoms with Crippen LogP contribution in [0.15, 0.2) is 0 Å². The summed E-state index contributed by atoms with van der Waals surface area (Å²) in [4.78, 5) is 35.7. The van der Waals surface area contributed by atoms with Crippen LogP contribution in [-0.4, -0.2) is 80.8 Å². The number of carbonyl (C=O) groups is 3. The molecule has 1 aliphatic carbocycles. The Kier molecular flexibility index (Phi) is 6.65. The minimum atomic E-state index is -0.873. The zero-order chi connectivity index (χ0) is 19.6. The average molecular weight is 400 g/mol. The molecule has 27 heavy (non-hydrogen) atoms. The van der Waals surface area contributed by atoms with E-state index >= 15 is 0 Å². The second-order valence-corrected chi connectivity index (χ2v) is 9.39. The lowest BCUT2D eigenvalue weighted by Crippen LogP contribution is -2.50. The molecular formula is C18H28N2O6S. The summed E-state index contributed by atoms with van der Waals surface area (Å²) in [6.45, 7) is 2.07. The first-order valence-corrected chi connectivity index (χ1v) is 10.6. The van der Waals surface area contributed by atoms with E-state index in [9.17, 15) is 24.6 Å². The molecule has 0 radical (unpaired) electrons. The number of carboxylic acid groups (broad SMARTS) is 3. The van der Waals surface area contributed by atoms with Crippen molar-refractivity contribution in [2.24, 2.45) is 17.8 Å². The van der Waals surface area contributed by atoms with E-state index in [0.717, 1.165) is 25.8 Å². The second kappa shape index (κ2) is 8.79. The number of hydrogen-bond donors (Lipinski definition) is 4. The molecule has 3 fully saturated rings. The van der Waals surface area contributed by atoms with Gasteiger partial charge >= 0.3 is 17.9 Å². The number of fused-ring (bicyclic) bond motifs is 1. The standard InChI is InChI=1S/C18H28N2O6S/c21-16(22)9-27-13-5-15(18(25)26)20(8-13)7-10-1-2-11-6-19-14(17(23)24)4-12(11)3-10/h10-15,19H,1-9H2,(H,21,22)(H,23,24)(H,25,26)/t10-,11-,12+,13-,14-,15-/m0/s1. The Morgan fingerprint density at radius 1 is 1.00 bits per heavy atom. The van der Waals surface area contributed by atoms with Crippen LogP contribution in [0.1, 0.15) is 32.1 Å². The minimum absolute atomic E-state index is 0.00159. The molecule has 0 bridgehead atoms. The number of likely N-dealkylation sites (tertiary alicyclic amines) is 1. The maximum absolute atomic E-state index is 11.6. The van der Waals surface area contributed by atoms with E-state index in [4.69, 9.17) is 5.11 Å². The highest BCUT2D eigenvalue weighted by molar-refractivity contribution is 8.00. The molecule has 0 aromatic rings. The summed E-state index contributed by atoms with van der Waals surface area (Å²) in [5.41, 5.74) is 0. The quantitative estimate of drug-likeness (QED) is 0.491.